The Kier molecular flexibility index (Phi) is 6.82. The predicted octanol–water partition coefficient (Wildman–Crippen LogP) is 4.14. The number of fused-ring (bicyclic) bond motifs is 1. The Morgan fingerprint density at radius 2 is 1.71 bits per heavy atom. The molecule has 0 aliphatic carbocycles. The number of aryl methyl sites for hydroxylation is 3. The van der Waals surface area contributed by atoms with Crippen molar-refractivity contribution in [2.75, 3.05) is 38.1 Å². The Labute approximate surface area is 200 Å². The minimum atomic E-state index is -4.08. The zero-order valence-corrected chi connectivity index (χ0v) is 21.1. The molecular formula is C26H32FN3O3S. The van der Waals surface area contributed by atoms with Gasteiger partial charge in [0.05, 0.1) is 21.5 Å². The van der Waals surface area contributed by atoms with E-state index in [0.717, 1.165) is 31.5 Å². The van der Waals surface area contributed by atoms with Crippen molar-refractivity contribution in [3.05, 3.63) is 63.7 Å². The number of likely N-dealkylation sites (N-methyl/N-ethyl adjacent to an activating group) is 1. The predicted molar refractivity (Wildman–Crippen MR) is 134 cm³/mol. The first-order valence-electron chi connectivity index (χ1n) is 11.8. The molecule has 0 radical (unpaired) electrons. The normalized spacial score (nSPS) is 15.3. The van der Waals surface area contributed by atoms with Gasteiger partial charge in [-0.15, -0.1) is 0 Å². The van der Waals surface area contributed by atoms with Gasteiger partial charge in [-0.25, -0.2) is 12.8 Å². The molecule has 0 bridgehead atoms. The highest BCUT2D eigenvalue weighted by Gasteiger charge is 2.27. The van der Waals surface area contributed by atoms with Crippen LogP contribution >= 0.6 is 0 Å². The molecule has 1 saturated heterocycles. The van der Waals surface area contributed by atoms with Crippen LogP contribution in [0.25, 0.3) is 10.9 Å². The van der Waals surface area contributed by atoms with Gasteiger partial charge in [0.2, 0.25) is 15.3 Å². The minimum absolute atomic E-state index is 0.0952. The molecule has 0 unspecified atom stereocenters. The molecule has 2 heterocycles. The standard InChI is InChI=1S/C26H32FN3O3S/c1-5-6-9-30-17-25(34(32,33)24-14-18(2)7-8-19(24)3)26(31)20-15-21(27)23(16-22(20)30)29-12-10-28(4)11-13-29/h7-8,14-17H,5-6,9-13H2,1-4H3. The molecule has 34 heavy (non-hydrogen) atoms. The van der Waals surface area contributed by atoms with E-state index >= 15 is 4.39 Å². The lowest BCUT2D eigenvalue weighted by Crippen LogP contribution is -2.44. The van der Waals surface area contributed by atoms with Crippen molar-refractivity contribution in [1.82, 2.24) is 9.47 Å². The van der Waals surface area contributed by atoms with Crippen molar-refractivity contribution in [3.8, 4) is 0 Å². The first kappa shape index (κ1) is 24.4. The van der Waals surface area contributed by atoms with Crippen molar-refractivity contribution in [1.29, 1.82) is 0 Å². The summed E-state index contributed by atoms with van der Waals surface area (Å²) in [5, 5.41) is 0.0952. The van der Waals surface area contributed by atoms with Gasteiger partial charge in [-0.3, -0.25) is 4.79 Å². The molecule has 4 rings (SSSR count). The summed E-state index contributed by atoms with van der Waals surface area (Å²) in [6.45, 7) is 9.15. The van der Waals surface area contributed by atoms with E-state index < -0.39 is 21.1 Å². The van der Waals surface area contributed by atoms with Gasteiger partial charge in [-0.1, -0.05) is 25.5 Å². The SMILES string of the molecule is CCCCn1cc(S(=O)(=O)c2cc(C)ccc2C)c(=O)c2cc(F)c(N3CCN(C)CC3)cc21. The van der Waals surface area contributed by atoms with Gasteiger partial charge < -0.3 is 14.4 Å². The Morgan fingerprint density at radius 3 is 2.38 bits per heavy atom. The summed E-state index contributed by atoms with van der Waals surface area (Å²) >= 11 is 0. The van der Waals surface area contributed by atoms with Crippen LogP contribution in [-0.4, -0.2) is 51.1 Å². The number of rotatable bonds is 6. The highest BCUT2D eigenvalue weighted by Crippen LogP contribution is 2.29. The number of hydrogen-bond acceptors (Lipinski definition) is 5. The van der Waals surface area contributed by atoms with Gasteiger partial charge in [0.1, 0.15) is 10.7 Å². The molecule has 3 aromatic rings. The largest absolute Gasteiger partial charge is 0.367 e. The summed E-state index contributed by atoms with van der Waals surface area (Å²) < 4.78 is 44.3. The number of benzene rings is 2. The highest BCUT2D eigenvalue weighted by atomic mass is 32.2. The summed E-state index contributed by atoms with van der Waals surface area (Å²) in [6.07, 6.45) is 3.16. The zero-order chi connectivity index (χ0) is 24.6. The summed E-state index contributed by atoms with van der Waals surface area (Å²) in [4.78, 5) is 17.5. The number of pyridine rings is 1. The average molecular weight is 486 g/mol. The van der Waals surface area contributed by atoms with Gasteiger partial charge >= 0.3 is 0 Å². The molecule has 1 aliphatic heterocycles. The van der Waals surface area contributed by atoms with E-state index in [2.05, 4.69) is 4.90 Å². The van der Waals surface area contributed by atoms with Crippen molar-refractivity contribution in [2.45, 2.75) is 49.9 Å². The van der Waals surface area contributed by atoms with E-state index in [1.165, 1.54) is 12.3 Å². The van der Waals surface area contributed by atoms with E-state index in [1.54, 1.807) is 29.7 Å². The fraction of sp³-hybridized carbons (Fsp3) is 0.423. The number of sulfone groups is 1. The molecule has 2 aromatic carbocycles. The Morgan fingerprint density at radius 1 is 1.00 bits per heavy atom. The van der Waals surface area contributed by atoms with Crippen molar-refractivity contribution >= 4 is 26.4 Å². The van der Waals surface area contributed by atoms with Crippen LogP contribution in [0, 0.1) is 19.7 Å². The van der Waals surface area contributed by atoms with Crippen molar-refractivity contribution in [2.24, 2.45) is 0 Å². The monoisotopic (exact) mass is 485 g/mol. The number of unbranched alkanes of at least 4 members (excludes halogenated alkanes) is 1. The third-order valence-corrected chi connectivity index (χ3v) is 8.52. The van der Waals surface area contributed by atoms with E-state index in [4.69, 9.17) is 0 Å². The topological polar surface area (TPSA) is 62.6 Å². The second-order valence-electron chi connectivity index (χ2n) is 9.25. The number of nitrogens with zero attached hydrogens (tertiary/aromatic N) is 3. The summed E-state index contributed by atoms with van der Waals surface area (Å²) in [5.41, 5.74) is 1.72. The van der Waals surface area contributed by atoms with Crippen LogP contribution < -0.4 is 10.3 Å². The third kappa shape index (κ3) is 4.49. The van der Waals surface area contributed by atoms with Crippen molar-refractivity contribution in [3.63, 3.8) is 0 Å². The second kappa shape index (κ2) is 9.50. The van der Waals surface area contributed by atoms with E-state index in [0.29, 0.717) is 36.4 Å². The van der Waals surface area contributed by atoms with Crippen LogP contribution in [0.2, 0.25) is 0 Å². The molecule has 1 fully saturated rings. The van der Waals surface area contributed by atoms with Crippen LogP contribution in [0.15, 0.2) is 51.1 Å². The fourth-order valence-corrected chi connectivity index (χ4v) is 6.17. The van der Waals surface area contributed by atoms with Crippen LogP contribution in [0.3, 0.4) is 0 Å². The lowest BCUT2D eigenvalue weighted by Gasteiger charge is -2.34. The molecule has 182 valence electrons. The van der Waals surface area contributed by atoms with Gasteiger partial charge in [0.25, 0.3) is 0 Å². The maximum absolute atomic E-state index is 15.3. The third-order valence-electron chi connectivity index (χ3n) is 6.64. The second-order valence-corrected chi connectivity index (χ2v) is 11.1. The lowest BCUT2D eigenvalue weighted by molar-refractivity contribution is 0.312. The summed E-state index contributed by atoms with van der Waals surface area (Å²) in [6, 6.07) is 8.09. The zero-order valence-electron chi connectivity index (χ0n) is 20.3. The highest BCUT2D eigenvalue weighted by molar-refractivity contribution is 7.91. The first-order valence-corrected chi connectivity index (χ1v) is 13.2. The van der Waals surface area contributed by atoms with Crippen LogP contribution in [0.4, 0.5) is 10.1 Å². The molecule has 8 heteroatoms. The van der Waals surface area contributed by atoms with Crippen LogP contribution in [0.5, 0.6) is 0 Å². The molecule has 0 amide bonds. The van der Waals surface area contributed by atoms with Crippen LogP contribution in [-0.2, 0) is 16.4 Å². The number of hydrogen-bond donors (Lipinski definition) is 0. The smallest absolute Gasteiger partial charge is 0.212 e. The average Bonchev–Trinajstić information content (AvgIpc) is 2.80. The molecular weight excluding hydrogens is 453 g/mol. The van der Waals surface area contributed by atoms with Gasteiger partial charge in [0.15, 0.2) is 0 Å². The Hall–Kier alpha value is -2.71. The Bertz CT molecular complexity index is 1390. The Balaban J connectivity index is 1.93. The fourth-order valence-electron chi connectivity index (χ4n) is 4.48. The van der Waals surface area contributed by atoms with E-state index in [1.807, 2.05) is 31.9 Å². The van der Waals surface area contributed by atoms with E-state index in [-0.39, 0.29) is 15.2 Å². The van der Waals surface area contributed by atoms with Gasteiger partial charge in [-0.2, -0.15) is 0 Å². The number of piperazine rings is 1. The summed E-state index contributed by atoms with van der Waals surface area (Å²) in [5.74, 6) is -0.502. The molecule has 0 N–H and O–H groups in total. The lowest BCUT2D eigenvalue weighted by atomic mass is 10.1. The summed E-state index contributed by atoms with van der Waals surface area (Å²) in [7, 11) is -2.05. The van der Waals surface area contributed by atoms with Gasteiger partial charge in [-0.05, 0) is 56.6 Å². The van der Waals surface area contributed by atoms with Gasteiger partial charge in [0, 0.05) is 38.9 Å². The van der Waals surface area contributed by atoms with Crippen molar-refractivity contribution < 1.29 is 12.8 Å². The number of halogens is 1. The maximum atomic E-state index is 15.3. The quantitative estimate of drug-likeness (QED) is 0.525. The minimum Gasteiger partial charge on any atom is -0.367 e. The van der Waals surface area contributed by atoms with Crippen LogP contribution in [0.1, 0.15) is 30.9 Å². The number of anilines is 1. The van der Waals surface area contributed by atoms with E-state index in [9.17, 15) is 13.2 Å². The first-order chi connectivity index (χ1) is 16.1. The number of aromatic nitrogens is 1. The maximum Gasteiger partial charge on any atom is 0.212 e. The molecule has 0 saturated carbocycles. The molecule has 0 spiro atoms. The molecule has 0 atom stereocenters. The molecule has 1 aromatic heterocycles. The molecule has 1 aliphatic rings. The molecule has 6 nitrogen and oxygen atoms in total.